The first-order chi connectivity index (χ1) is 4.66. The highest BCUT2D eigenvalue weighted by Gasteiger charge is 2.44. The van der Waals surface area contributed by atoms with Crippen molar-refractivity contribution in [1.29, 1.82) is 0 Å². The fraction of sp³-hybridized carbons (Fsp3) is 1.00. The van der Waals surface area contributed by atoms with Crippen LogP contribution in [0.4, 0.5) is 13.2 Å². The average Bonchev–Trinajstić information content (AvgIpc) is 1.60. The Labute approximate surface area is 65.8 Å². The highest BCUT2D eigenvalue weighted by Crippen LogP contribution is 2.20. The van der Waals surface area contributed by atoms with E-state index in [2.05, 4.69) is 0 Å². The van der Waals surface area contributed by atoms with Crippen molar-refractivity contribution in [2.45, 2.75) is 5.51 Å². The van der Waals surface area contributed by atoms with Crippen LogP contribution in [0, 0.1) is 0 Å². The van der Waals surface area contributed by atoms with Gasteiger partial charge < -0.3 is 0 Å². The smallest absolute Gasteiger partial charge is 0.279 e. The Morgan fingerprint density at radius 2 is 1.55 bits per heavy atom. The van der Waals surface area contributed by atoms with Crippen LogP contribution < -0.4 is 5.14 Å². The first-order valence-corrected chi connectivity index (χ1v) is 4.66. The number of hydrogen-bond donors (Lipinski definition) is 2. The number of alkyl halides is 3. The molecule has 11 heavy (non-hydrogen) atoms. The first-order valence-electron chi connectivity index (χ1n) is 1.93. The van der Waals surface area contributed by atoms with Gasteiger partial charge in [0.25, 0.3) is 0 Å². The van der Waals surface area contributed by atoms with Crippen molar-refractivity contribution in [1.82, 2.24) is 0 Å². The van der Waals surface area contributed by atoms with Gasteiger partial charge in [0.2, 0.25) is 0 Å². The van der Waals surface area contributed by atoms with Gasteiger partial charge in [-0.2, -0.15) is 21.6 Å². The van der Waals surface area contributed by atoms with Crippen molar-refractivity contribution in [2.75, 3.05) is 6.26 Å². The summed E-state index contributed by atoms with van der Waals surface area (Å²) in [7, 11) is -5.84. The molecule has 0 spiro atoms. The van der Waals surface area contributed by atoms with E-state index in [0.29, 0.717) is 0 Å². The molecular formula is C2H6F3NO3S2. The Morgan fingerprint density at radius 3 is 1.55 bits per heavy atom. The molecule has 0 aromatic heterocycles. The lowest BCUT2D eigenvalue weighted by atomic mass is 11.6. The maximum Gasteiger partial charge on any atom is 0.522 e. The molecule has 0 saturated heterocycles. The third kappa shape index (κ3) is 7.91. The lowest BCUT2D eigenvalue weighted by Gasteiger charge is -1.97. The number of nitrogens with two attached hydrogens (primary N) is 1. The van der Waals surface area contributed by atoms with E-state index < -0.39 is 15.6 Å². The molecule has 0 aromatic rings. The van der Waals surface area contributed by atoms with Gasteiger partial charge in [0.15, 0.2) is 0 Å². The monoisotopic (exact) mass is 213 g/mol. The lowest BCUT2D eigenvalue weighted by Crippen LogP contribution is -2.21. The maximum atomic E-state index is 10.7. The van der Waals surface area contributed by atoms with Crippen molar-refractivity contribution < 1.29 is 26.1 Å². The minimum Gasteiger partial charge on any atom is -0.279 e. The molecule has 0 aliphatic carbocycles. The summed E-state index contributed by atoms with van der Waals surface area (Å²) in [6.07, 6.45) is 1.82. The van der Waals surface area contributed by atoms with E-state index in [1.165, 1.54) is 11.9 Å². The Hall–Kier alpha value is 0.01000. The van der Waals surface area contributed by atoms with Crippen LogP contribution in [0.5, 0.6) is 0 Å². The second kappa shape index (κ2) is 4.80. The molecule has 0 rings (SSSR count). The number of rotatable bonds is 0. The Morgan fingerprint density at radius 1 is 1.45 bits per heavy atom. The van der Waals surface area contributed by atoms with E-state index in [0.717, 1.165) is 0 Å². The van der Waals surface area contributed by atoms with Crippen LogP contribution in [0.3, 0.4) is 0 Å². The maximum absolute atomic E-state index is 10.7. The standard InChI is InChI=1S/CHF3O3S.CH5NS/c2-1(3,4)8(5,6)7;1-3-2/h(H,5,6,7);2H2,1H3. The van der Waals surface area contributed by atoms with Crippen molar-refractivity contribution in [2.24, 2.45) is 5.14 Å². The summed E-state index contributed by atoms with van der Waals surface area (Å²) >= 11 is 1.25. The Balaban J connectivity index is 0. The third-order valence-corrected chi connectivity index (χ3v) is 0.877. The second-order valence-electron chi connectivity index (χ2n) is 1.16. The summed E-state index contributed by atoms with van der Waals surface area (Å²) in [5.74, 6) is 0. The molecule has 0 unspecified atom stereocenters. The summed E-state index contributed by atoms with van der Waals surface area (Å²) in [6, 6.07) is 0. The Bertz CT molecular complexity index is 185. The van der Waals surface area contributed by atoms with Crippen LogP contribution in [0.2, 0.25) is 0 Å². The van der Waals surface area contributed by atoms with E-state index in [1.807, 2.05) is 6.26 Å². The number of halogens is 3. The average molecular weight is 213 g/mol. The molecule has 0 heterocycles. The molecule has 0 saturated carbocycles. The van der Waals surface area contributed by atoms with Crippen LogP contribution in [0.15, 0.2) is 0 Å². The zero-order valence-corrected chi connectivity index (χ0v) is 6.92. The number of hydrogen-bond acceptors (Lipinski definition) is 4. The summed E-state index contributed by atoms with van der Waals surface area (Å²) in [5, 5.41) is 4.76. The Kier molecular flexibility index (Phi) is 5.93. The molecule has 0 amide bonds. The van der Waals surface area contributed by atoms with Gasteiger partial charge in [0.05, 0.1) is 0 Å². The fourth-order valence-corrected chi connectivity index (χ4v) is 0. The first kappa shape index (κ1) is 13.6. The molecule has 0 radical (unpaired) electrons. The molecule has 0 aromatic carbocycles. The zero-order chi connectivity index (χ0) is 9.71. The van der Waals surface area contributed by atoms with E-state index in [4.69, 9.17) is 18.1 Å². The molecule has 0 fully saturated rings. The molecule has 0 atom stereocenters. The topological polar surface area (TPSA) is 80.4 Å². The van der Waals surface area contributed by atoms with Crippen molar-refractivity contribution >= 4 is 22.1 Å². The van der Waals surface area contributed by atoms with E-state index in [9.17, 15) is 13.2 Å². The van der Waals surface area contributed by atoms with Crippen molar-refractivity contribution in [3.05, 3.63) is 0 Å². The molecule has 0 aliphatic heterocycles. The van der Waals surface area contributed by atoms with Crippen LogP contribution in [-0.2, 0) is 10.1 Å². The molecule has 4 nitrogen and oxygen atoms in total. The molecular weight excluding hydrogens is 207 g/mol. The summed E-state index contributed by atoms with van der Waals surface area (Å²) < 4.78 is 57.5. The van der Waals surface area contributed by atoms with Gasteiger partial charge in [-0.25, -0.2) is 0 Å². The van der Waals surface area contributed by atoms with Gasteiger partial charge >= 0.3 is 15.6 Å². The zero-order valence-electron chi connectivity index (χ0n) is 5.29. The van der Waals surface area contributed by atoms with E-state index in [1.54, 1.807) is 0 Å². The predicted molar refractivity (Wildman–Crippen MR) is 35.3 cm³/mol. The second-order valence-corrected chi connectivity index (χ2v) is 3.04. The van der Waals surface area contributed by atoms with Crippen molar-refractivity contribution in [3.8, 4) is 0 Å². The molecule has 70 valence electrons. The molecule has 0 aliphatic rings. The summed E-state index contributed by atoms with van der Waals surface area (Å²) in [6.45, 7) is 0. The van der Waals surface area contributed by atoms with Gasteiger partial charge in [0, 0.05) is 0 Å². The minimum absolute atomic E-state index is 1.25. The lowest BCUT2D eigenvalue weighted by molar-refractivity contribution is -0.0510. The fourth-order valence-electron chi connectivity index (χ4n) is 0. The van der Waals surface area contributed by atoms with Crippen LogP contribution >= 0.6 is 11.9 Å². The van der Waals surface area contributed by atoms with Gasteiger partial charge in [-0.15, -0.1) is 0 Å². The highest BCUT2D eigenvalue weighted by atomic mass is 32.2. The molecule has 9 heteroatoms. The third-order valence-electron chi connectivity index (χ3n) is 0.292. The van der Waals surface area contributed by atoms with Gasteiger partial charge in [-0.3, -0.25) is 9.69 Å². The van der Waals surface area contributed by atoms with E-state index in [-0.39, 0.29) is 0 Å². The van der Waals surface area contributed by atoms with Crippen LogP contribution in [-0.4, -0.2) is 24.7 Å². The van der Waals surface area contributed by atoms with E-state index >= 15 is 0 Å². The predicted octanol–water partition coefficient (Wildman–Crippen LogP) is 0.617. The normalized spacial score (nSPS) is 11.8. The van der Waals surface area contributed by atoms with Gasteiger partial charge in [0.1, 0.15) is 0 Å². The molecule has 0 bridgehead atoms. The highest BCUT2D eigenvalue weighted by molar-refractivity contribution is 7.96. The van der Waals surface area contributed by atoms with Crippen LogP contribution in [0.25, 0.3) is 0 Å². The van der Waals surface area contributed by atoms with Gasteiger partial charge in [-0.1, -0.05) is 11.9 Å². The summed E-state index contributed by atoms with van der Waals surface area (Å²) in [4.78, 5) is 0. The largest absolute Gasteiger partial charge is 0.522 e. The van der Waals surface area contributed by atoms with Gasteiger partial charge in [-0.05, 0) is 6.26 Å². The summed E-state index contributed by atoms with van der Waals surface area (Å²) in [5.41, 5.74) is -5.53. The molecule has 3 N–H and O–H groups in total. The van der Waals surface area contributed by atoms with Crippen molar-refractivity contribution in [3.63, 3.8) is 0 Å². The quantitative estimate of drug-likeness (QED) is 0.350. The SMILES string of the molecule is CSN.O=S(=O)(O)C(F)(F)F. The van der Waals surface area contributed by atoms with Crippen LogP contribution in [0.1, 0.15) is 0 Å². The minimum atomic E-state index is -5.84.